The molecule has 0 bridgehead atoms. The van der Waals surface area contributed by atoms with Gasteiger partial charge < -0.3 is 0 Å². The molecule has 0 aromatic rings. The molecule has 3 unspecified atom stereocenters. The van der Waals surface area contributed by atoms with E-state index >= 15 is 0 Å². The van der Waals surface area contributed by atoms with E-state index in [0.29, 0.717) is 5.41 Å². The van der Waals surface area contributed by atoms with Crippen molar-refractivity contribution in [2.75, 3.05) is 0 Å². The summed E-state index contributed by atoms with van der Waals surface area (Å²) in [6, 6.07) is 0. The van der Waals surface area contributed by atoms with E-state index in [4.69, 9.17) is 0 Å². The van der Waals surface area contributed by atoms with Crippen LogP contribution in [0.25, 0.3) is 0 Å². The first-order chi connectivity index (χ1) is 8.50. The second-order valence-electron chi connectivity index (χ2n) is 7.47. The van der Waals surface area contributed by atoms with Crippen molar-refractivity contribution in [1.29, 1.82) is 0 Å². The Labute approximate surface area is 114 Å². The Morgan fingerprint density at radius 1 is 1.00 bits per heavy atom. The molecule has 0 aliphatic heterocycles. The van der Waals surface area contributed by atoms with E-state index in [9.17, 15) is 0 Å². The minimum absolute atomic E-state index is 0.506. The van der Waals surface area contributed by atoms with Crippen molar-refractivity contribution in [2.24, 2.45) is 29.1 Å². The molecule has 102 valence electrons. The van der Waals surface area contributed by atoms with Gasteiger partial charge in [-0.25, -0.2) is 0 Å². The van der Waals surface area contributed by atoms with Crippen LogP contribution in [0.1, 0.15) is 59.8 Å². The quantitative estimate of drug-likeness (QED) is 0.607. The van der Waals surface area contributed by atoms with E-state index in [1.165, 1.54) is 32.1 Å². The monoisotopic (exact) mass is 246 g/mol. The maximum absolute atomic E-state index is 2.42. The standard InChI is InChI=1S/C18H30/c1-5-15-13-17(18(2,3)4)11-10-16(15)12-14-8-6-7-9-14/h6-9,14-17H,5,10-13H2,1-4H3. The SMILES string of the molecule is CCC1CC(C(C)(C)C)CCC1CC1C=CC=C1. The molecule has 18 heavy (non-hydrogen) atoms. The average molecular weight is 246 g/mol. The van der Waals surface area contributed by atoms with E-state index in [2.05, 4.69) is 52.0 Å². The second kappa shape index (κ2) is 5.63. The van der Waals surface area contributed by atoms with Gasteiger partial charge in [0.2, 0.25) is 0 Å². The zero-order valence-electron chi connectivity index (χ0n) is 12.7. The highest BCUT2D eigenvalue weighted by atomic mass is 14.4. The van der Waals surface area contributed by atoms with Gasteiger partial charge in [-0.05, 0) is 54.8 Å². The molecule has 0 N–H and O–H groups in total. The van der Waals surface area contributed by atoms with E-state index in [0.717, 1.165) is 23.7 Å². The molecule has 1 saturated carbocycles. The lowest BCUT2D eigenvalue weighted by molar-refractivity contribution is 0.0887. The highest BCUT2D eigenvalue weighted by molar-refractivity contribution is 5.17. The maximum atomic E-state index is 2.42. The highest BCUT2D eigenvalue weighted by Gasteiger charge is 2.35. The van der Waals surface area contributed by atoms with Crippen molar-refractivity contribution in [3.05, 3.63) is 24.3 Å². The molecule has 1 fully saturated rings. The molecular weight excluding hydrogens is 216 g/mol. The number of hydrogen-bond acceptors (Lipinski definition) is 0. The normalized spacial score (nSPS) is 33.2. The van der Waals surface area contributed by atoms with Gasteiger partial charge in [0.05, 0.1) is 0 Å². The molecule has 0 aromatic carbocycles. The number of rotatable bonds is 3. The fraction of sp³-hybridized carbons (Fsp3) is 0.778. The van der Waals surface area contributed by atoms with Crippen LogP contribution in [0.5, 0.6) is 0 Å². The summed E-state index contributed by atoms with van der Waals surface area (Å²) in [5.74, 6) is 3.60. The van der Waals surface area contributed by atoms with Crippen LogP contribution in [0, 0.1) is 29.1 Å². The summed E-state index contributed by atoms with van der Waals surface area (Å²) >= 11 is 0. The molecule has 0 heterocycles. The topological polar surface area (TPSA) is 0 Å². The van der Waals surface area contributed by atoms with Crippen LogP contribution in [0.15, 0.2) is 24.3 Å². The van der Waals surface area contributed by atoms with Crippen LogP contribution in [0.4, 0.5) is 0 Å². The van der Waals surface area contributed by atoms with Gasteiger partial charge in [0.1, 0.15) is 0 Å². The van der Waals surface area contributed by atoms with E-state index < -0.39 is 0 Å². The summed E-state index contributed by atoms with van der Waals surface area (Å²) in [4.78, 5) is 0. The summed E-state index contributed by atoms with van der Waals surface area (Å²) < 4.78 is 0. The van der Waals surface area contributed by atoms with Crippen LogP contribution in [0.2, 0.25) is 0 Å². The number of hydrogen-bond donors (Lipinski definition) is 0. The van der Waals surface area contributed by atoms with Crippen molar-refractivity contribution in [3.8, 4) is 0 Å². The predicted octanol–water partition coefficient (Wildman–Crippen LogP) is 5.61. The molecule has 2 rings (SSSR count). The molecule has 0 heteroatoms. The maximum Gasteiger partial charge on any atom is -0.00445 e. The van der Waals surface area contributed by atoms with Gasteiger partial charge in [-0.2, -0.15) is 0 Å². The van der Waals surface area contributed by atoms with Crippen molar-refractivity contribution in [2.45, 2.75) is 59.8 Å². The molecule has 0 nitrogen and oxygen atoms in total. The molecular formula is C18H30. The predicted molar refractivity (Wildman–Crippen MR) is 80.5 cm³/mol. The van der Waals surface area contributed by atoms with Gasteiger partial charge in [-0.3, -0.25) is 0 Å². The zero-order valence-corrected chi connectivity index (χ0v) is 12.7. The third kappa shape index (κ3) is 3.28. The van der Waals surface area contributed by atoms with Crippen molar-refractivity contribution in [3.63, 3.8) is 0 Å². The van der Waals surface area contributed by atoms with Gasteiger partial charge in [0, 0.05) is 0 Å². The lowest BCUT2D eigenvalue weighted by Crippen LogP contribution is -2.32. The molecule has 0 aromatic heterocycles. The molecule has 2 aliphatic carbocycles. The fourth-order valence-corrected chi connectivity index (χ4v) is 3.91. The minimum Gasteiger partial charge on any atom is -0.0776 e. The Morgan fingerprint density at radius 3 is 2.22 bits per heavy atom. The van der Waals surface area contributed by atoms with Crippen LogP contribution < -0.4 is 0 Å². The van der Waals surface area contributed by atoms with E-state index in [1.807, 2.05) is 0 Å². The average Bonchev–Trinajstić information content (AvgIpc) is 2.81. The second-order valence-corrected chi connectivity index (χ2v) is 7.47. The Morgan fingerprint density at radius 2 is 1.67 bits per heavy atom. The summed E-state index contributed by atoms with van der Waals surface area (Å²) in [6.07, 6.45) is 16.3. The van der Waals surface area contributed by atoms with Crippen molar-refractivity contribution in [1.82, 2.24) is 0 Å². The first-order valence-electron chi connectivity index (χ1n) is 7.85. The summed E-state index contributed by atoms with van der Waals surface area (Å²) in [5.41, 5.74) is 0.506. The van der Waals surface area contributed by atoms with Gasteiger partial charge >= 0.3 is 0 Å². The molecule has 3 atom stereocenters. The third-order valence-corrected chi connectivity index (χ3v) is 5.29. The molecule has 0 spiro atoms. The Balaban J connectivity index is 1.93. The van der Waals surface area contributed by atoms with Crippen LogP contribution >= 0.6 is 0 Å². The van der Waals surface area contributed by atoms with Gasteiger partial charge in [0.25, 0.3) is 0 Å². The van der Waals surface area contributed by atoms with Crippen LogP contribution in [-0.4, -0.2) is 0 Å². The molecule has 0 amide bonds. The minimum atomic E-state index is 0.506. The number of allylic oxidation sites excluding steroid dienone is 4. The lowest BCUT2D eigenvalue weighted by atomic mass is 9.63. The van der Waals surface area contributed by atoms with Crippen molar-refractivity contribution < 1.29 is 0 Å². The van der Waals surface area contributed by atoms with E-state index in [1.54, 1.807) is 0 Å². The molecule has 0 radical (unpaired) electrons. The van der Waals surface area contributed by atoms with Gasteiger partial charge in [-0.15, -0.1) is 0 Å². The Hall–Kier alpha value is -0.520. The largest absolute Gasteiger partial charge is 0.0776 e. The lowest BCUT2D eigenvalue weighted by Gasteiger charge is -2.42. The van der Waals surface area contributed by atoms with Crippen LogP contribution in [-0.2, 0) is 0 Å². The summed E-state index contributed by atoms with van der Waals surface area (Å²) in [6.45, 7) is 9.66. The third-order valence-electron chi connectivity index (χ3n) is 5.29. The molecule has 0 saturated heterocycles. The van der Waals surface area contributed by atoms with E-state index in [-0.39, 0.29) is 0 Å². The Bertz CT molecular complexity index is 303. The first-order valence-corrected chi connectivity index (χ1v) is 7.85. The van der Waals surface area contributed by atoms with Crippen molar-refractivity contribution >= 4 is 0 Å². The fourth-order valence-electron chi connectivity index (χ4n) is 3.91. The van der Waals surface area contributed by atoms with Crippen LogP contribution in [0.3, 0.4) is 0 Å². The summed E-state index contributed by atoms with van der Waals surface area (Å²) in [7, 11) is 0. The highest BCUT2D eigenvalue weighted by Crippen LogP contribution is 2.45. The first kappa shape index (κ1) is 13.9. The molecule has 2 aliphatic rings. The van der Waals surface area contributed by atoms with Gasteiger partial charge in [0.15, 0.2) is 0 Å². The summed E-state index contributed by atoms with van der Waals surface area (Å²) in [5, 5.41) is 0. The van der Waals surface area contributed by atoms with Gasteiger partial charge in [-0.1, -0.05) is 58.4 Å². The smallest absolute Gasteiger partial charge is 0.00445 e. The zero-order chi connectivity index (χ0) is 13.2. The Kier molecular flexibility index (Phi) is 4.35.